The van der Waals surface area contributed by atoms with Gasteiger partial charge in [0.25, 0.3) is 0 Å². The van der Waals surface area contributed by atoms with Crippen molar-refractivity contribution in [1.82, 2.24) is 19.8 Å². The second-order valence-corrected chi connectivity index (χ2v) is 9.22. The van der Waals surface area contributed by atoms with Crippen molar-refractivity contribution in [3.8, 4) is 0 Å². The van der Waals surface area contributed by atoms with Crippen molar-refractivity contribution in [2.75, 3.05) is 45.7 Å². The van der Waals surface area contributed by atoms with Crippen molar-refractivity contribution >= 4 is 17.6 Å². The van der Waals surface area contributed by atoms with E-state index in [1.807, 2.05) is 55.2 Å². The Labute approximate surface area is 190 Å². The highest BCUT2D eigenvalue weighted by atomic mass is 16.2. The van der Waals surface area contributed by atoms with Gasteiger partial charge in [0.2, 0.25) is 11.8 Å². The smallest absolute Gasteiger partial charge is 0.223 e. The van der Waals surface area contributed by atoms with Crippen molar-refractivity contribution < 1.29 is 9.59 Å². The third-order valence-corrected chi connectivity index (χ3v) is 6.65. The zero-order valence-electron chi connectivity index (χ0n) is 19.3. The van der Waals surface area contributed by atoms with E-state index < -0.39 is 0 Å². The number of likely N-dealkylation sites (N-methyl/N-ethyl adjacent to an activating group) is 1. The first-order valence-electron chi connectivity index (χ1n) is 11.5. The first kappa shape index (κ1) is 22.2. The van der Waals surface area contributed by atoms with E-state index in [9.17, 15) is 9.59 Å². The highest BCUT2D eigenvalue weighted by Gasteiger charge is 2.31. The average molecular weight is 436 g/mol. The first-order chi connectivity index (χ1) is 15.4. The number of piperidine rings is 1. The molecule has 7 heteroatoms. The Bertz CT molecular complexity index is 954. The van der Waals surface area contributed by atoms with Gasteiger partial charge in [-0.25, -0.2) is 9.97 Å². The summed E-state index contributed by atoms with van der Waals surface area (Å²) in [5.41, 5.74) is 2.16. The van der Waals surface area contributed by atoms with Gasteiger partial charge in [-0.15, -0.1) is 0 Å². The van der Waals surface area contributed by atoms with Crippen LogP contribution >= 0.6 is 0 Å². The zero-order valence-corrected chi connectivity index (χ0v) is 19.3. The van der Waals surface area contributed by atoms with Gasteiger partial charge in [-0.05, 0) is 24.8 Å². The summed E-state index contributed by atoms with van der Waals surface area (Å²) in [6.45, 7) is 2.19. The van der Waals surface area contributed by atoms with Gasteiger partial charge in [-0.1, -0.05) is 30.3 Å². The predicted octanol–water partition coefficient (Wildman–Crippen LogP) is 2.83. The van der Waals surface area contributed by atoms with Gasteiger partial charge >= 0.3 is 0 Å². The fourth-order valence-electron chi connectivity index (χ4n) is 4.60. The number of anilines is 1. The molecule has 1 aromatic carbocycles. The van der Waals surface area contributed by atoms with Crippen molar-refractivity contribution in [2.24, 2.45) is 0 Å². The van der Waals surface area contributed by atoms with Gasteiger partial charge in [-0.2, -0.15) is 0 Å². The van der Waals surface area contributed by atoms with Crippen LogP contribution in [0.4, 0.5) is 5.82 Å². The number of carbonyl (C=O) groups excluding carboxylic acids is 2. The van der Waals surface area contributed by atoms with E-state index in [0.717, 1.165) is 49.7 Å². The maximum absolute atomic E-state index is 12.7. The fourth-order valence-corrected chi connectivity index (χ4v) is 4.60. The summed E-state index contributed by atoms with van der Waals surface area (Å²) in [5.74, 6) is 2.49. The second-order valence-electron chi connectivity index (χ2n) is 9.22. The minimum absolute atomic E-state index is 0.118. The molecule has 0 bridgehead atoms. The molecule has 0 aliphatic carbocycles. The van der Waals surface area contributed by atoms with Gasteiger partial charge < -0.3 is 14.7 Å². The highest BCUT2D eigenvalue weighted by Crippen LogP contribution is 2.32. The van der Waals surface area contributed by atoms with Gasteiger partial charge in [0, 0.05) is 71.5 Å². The molecule has 4 rings (SSSR count). The second kappa shape index (κ2) is 9.67. The molecule has 0 radical (unpaired) electrons. The van der Waals surface area contributed by atoms with Crippen molar-refractivity contribution in [2.45, 2.75) is 43.9 Å². The van der Waals surface area contributed by atoms with Crippen LogP contribution in [0.2, 0.25) is 0 Å². The van der Waals surface area contributed by atoms with E-state index in [4.69, 9.17) is 9.97 Å². The molecule has 2 saturated heterocycles. The van der Waals surface area contributed by atoms with Gasteiger partial charge in [-0.3, -0.25) is 9.59 Å². The summed E-state index contributed by atoms with van der Waals surface area (Å²) in [7, 11) is 5.81. The Morgan fingerprint density at radius 1 is 1.09 bits per heavy atom. The van der Waals surface area contributed by atoms with Crippen LogP contribution < -0.4 is 4.90 Å². The summed E-state index contributed by atoms with van der Waals surface area (Å²) in [4.78, 5) is 40.2. The molecule has 7 nitrogen and oxygen atoms in total. The van der Waals surface area contributed by atoms with Crippen LogP contribution in [0.5, 0.6) is 0 Å². The molecular weight excluding hydrogens is 402 g/mol. The quantitative estimate of drug-likeness (QED) is 0.698. The lowest BCUT2D eigenvalue weighted by atomic mass is 9.94. The molecule has 0 saturated carbocycles. The Hall–Kier alpha value is -2.96. The lowest BCUT2D eigenvalue weighted by molar-refractivity contribution is -0.132. The van der Waals surface area contributed by atoms with E-state index in [0.29, 0.717) is 19.4 Å². The molecule has 2 aliphatic heterocycles. The average Bonchev–Trinajstić information content (AvgIpc) is 3.16. The Balaban J connectivity index is 1.40. The van der Waals surface area contributed by atoms with E-state index in [1.54, 1.807) is 4.90 Å². The van der Waals surface area contributed by atoms with Crippen LogP contribution in [0.1, 0.15) is 54.6 Å². The molecule has 1 atom stereocenters. The van der Waals surface area contributed by atoms with Crippen LogP contribution in [0.25, 0.3) is 0 Å². The topological polar surface area (TPSA) is 69.6 Å². The molecule has 32 heavy (non-hydrogen) atoms. The number of amides is 2. The molecule has 2 aliphatic rings. The molecule has 170 valence electrons. The number of likely N-dealkylation sites (tertiary alicyclic amines) is 2. The lowest BCUT2D eigenvalue weighted by Gasteiger charge is -2.32. The standard InChI is InChI=1S/C25H33N5O2/c1-28(2)22-16-21(20-15-24(32)29(3)17-20)26-25(27-22)19-11-13-30(14-12-19)23(31)10-9-18-7-5-4-6-8-18/h4-8,16,19-20H,9-15,17H2,1-3H3/t20-/m0/s1. The zero-order chi connectivity index (χ0) is 22.7. The van der Waals surface area contributed by atoms with Crippen molar-refractivity contribution in [3.63, 3.8) is 0 Å². The van der Waals surface area contributed by atoms with Crippen molar-refractivity contribution in [3.05, 3.63) is 53.5 Å². The molecule has 0 spiro atoms. The molecule has 0 unspecified atom stereocenters. The monoisotopic (exact) mass is 435 g/mol. The fraction of sp³-hybridized carbons (Fsp3) is 0.520. The molecule has 2 aromatic rings. The largest absolute Gasteiger partial charge is 0.363 e. The minimum Gasteiger partial charge on any atom is -0.363 e. The molecule has 3 heterocycles. The molecule has 1 aromatic heterocycles. The first-order valence-corrected chi connectivity index (χ1v) is 11.5. The minimum atomic E-state index is 0.118. The molecule has 2 fully saturated rings. The van der Waals surface area contributed by atoms with Gasteiger partial charge in [0.15, 0.2) is 0 Å². The summed E-state index contributed by atoms with van der Waals surface area (Å²) in [6.07, 6.45) is 3.59. The number of nitrogens with zero attached hydrogens (tertiary/aromatic N) is 5. The normalized spacial score (nSPS) is 19.5. The molecule has 2 amide bonds. The van der Waals surface area contributed by atoms with E-state index in [1.165, 1.54) is 5.56 Å². The lowest BCUT2D eigenvalue weighted by Crippen LogP contribution is -2.38. The number of rotatable bonds is 6. The summed E-state index contributed by atoms with van der Waals surface area (Å²) in [6, 6.07) is 12.2. The maximum atomic E-state index is 12.7. The van der Waals surface area contributed by atoms with Crippen LogP contribution in [0.3, 0.4) is 0 Å². The third-order valence-electron chi connectivity index (χ3n) is 6.65. The number of aromatic nitrogens is 2. The van der Waals surface area contributed by atoms with Crippen LogP contribution in [-0.4, -0.2) is 72.4 Å². The maximum Gasteiger partial charge on any atom is 0.223 e. The van der Waals surface area contributed by atoms with Gasteiger partial charge in [0.05, 0.1) is 5.69 Å². The number of hydrogen-bond donors (Lipinski definition) is 0. The molecular formula is C25H33N5O2. The Kier molecular flexibility index (Phi) is 6.72. The van der Waals surface area contributed by atoms with Crippen LogP contribution in [-0.2, 0) is 16.0 Å². The summed E-state index contributed by atoms with van der Waals surface area (Å²) < 4.78 is 0. The van der Waals surface area contributed by atoms with Crippen molar-refractivity contribution in [1.29, 1.82) is 0 Å². The van der Waals surface area contributed by atoms with E-state index in [-0.39, 0.29) is 23.7 Å². The van der Waals surface area contributed by atoms with E-state index in [2.05, 4.69) is 12.1 Å². The van der Waals surface area contributed by atoms with Crippen LogP contribution in [0.15, 0.2) is 36.4 Å². The predicted molar refractivity (Wildman–Crippen MR) is 125 cm³/mol. The Morgan fingerprint density at radius 2 is 1.81 bits per heavy atom. The number of benzene rings is 1. The SMILES string of the molecule is CN1C[C@@H](c2cc(N(C)C)nc(C3CCN(C(=O)CCc4ccccc4)CC3)n2)CC1=O. The molecule has 0 N–H and O–H groups in total. The van der Waals surface area contributed by atoms with Crippen LogP contribution in [0, 0.1) is 0 Å². The third kappa shape index (κ3) is 5.09. The number of carbonyl (C=O) groups is 2. The number of hydrogen-bond acceptors (Lipinski definition) is 5. The Morgan fingerprint density at radius 3 is 2.44 bits per heavy atom. The number of aryl methyl sites for hydroxylation is 1. The van der Waals surface area contributed by atoms with Gasteiger partial charge in [0.1, 0.15) is 11.6 Å². The summed E-state index contributed by atoms with van der Waals surface area (Å²) >= 11 is 0. The summed E-state index contributed by atoms with van der Waals surface area (Å²) in [5, 5.41) is 0. The highest BCUT2D eigenvalue weighted by molar-refractivity contribution is 5.79. The van der Waals surface area contributed by atoms with E-state index >= 15 is 0 Å².